The van der Waals surface area contributed by atoms with Gasteiger partial charge >= 0.3 is 0 Å². The molecular weight excluding hydrogens is 278 g/mol. The number of hydrogen-bond donors (Lipinski definition) is 1. The number of nitrogens with one attached hydrogen (secondary N) is 1. The Bertz CT molecular complexity index is 486. The van der Waals surface area contributed by atoms with E-state index in [1.165, 1.54) is 0 Å². The standard InChI is InChI=1S/C15H20ClNO3/c1-3-11(4-2)17-15(18)10-8-12(16)14-13(9-10)19-6-5-7-20-14/h8-9,11H,3-7H2,1-2H3,(H,17,18). The van der Waals surface area contributed by atoms with Gasteiger partial charge in [-0.2, -0.15) is 0 Å². The van der Waals surface area contributed by atoms with Crippen LogP contribution in [0.5, 0.6) is 11.5 Å². The molecule has 0 aliphatic carbocycles. The van der Waals surface area contributed by atoms with Crippen molar-refractivity contribution in [2.24, 2.45) is 0 Å². The van der Waals surface area contributed by atoms with Crippen molar-refractivity contribution in [2.45, 2.75) is 39.2 Å². The number of carbonyl (C=O) groups excluding carboxylic acids is 1. The molecule has 1 aliphatic rings. The lowest BCUT2D eigenvalue weighted by Crippen LogP contribution is -2.33. The summed E-state index contributed by atoms with van der Waals surface area (Å²) in [6, 6.07) is 3.51. The fourth-order valence-corrected chi connectivity index (χ4v) is 2.39. The van der Waals surface area contributed by atoms with Crippen LogP contribution in [-0.2, 0) is 0 Å². The summed E-state index contributed by atoms with van der Waals surface area (Å²) in [5, 5.41) is 3.40. The zero-order valence-corrected chi connectivity index (χ0v) is 12.6. The van der Waals surface area contributed by atoms with Crippen molar-refractivity contribution in [1.82, 2.24) is 5.32 Å². The van der Waals surface area contributed by atoms with Crippen LogP contribution in [-0.4, -0.2) is 25.2 Å². The van der Waals surface area contributed by atoms with E-state index in [-0.39, 0.29) is 11.9 Å². The predicted molar refractivity (Wildman–Crippen MR) is 78.9 cm³/mol. The summed E-state index contributed by atoms with van der Waals surface area (Å²) in [6.07, 6.45) is 2.61. The van der Waals surface area contributed by atoms with Gasteiger partial charge in [0.2, 0.25) is 0 Å². The first-order chi connectivity index (χ1) is 9.65. The van der Waals surface area contributed by atoms with Gasteiger partial charge in [-0.05, 0) is 25.0 Å². The molecule has 1 heterocycles. The molecular formula is C15H20ClNO3. The number of hydrogen-bond acceptors (Lipinski definition) is 3. The molecule has 0 bridgehead atoms. The molecule has 1 aliphatic heterocycles. The summed E-state index contributed by atoms with van der Waals surface area (Å²) in [5.74, 6) is 0.948. The second-order valence-corrected chi connectivity index (χ2v) is 5.23. The number of ether oxygens (including phenoxy) is 2. The molecule has 0 saturated carbocycles. The molecule has 110 valence electrons. The molecule has 5 heteroatoms. The monoisotopic (exact) mass is 297 g/mol. The largest absolute Gasteiger partial charge is 0.489 e. The van der Waals surface area contributed by atoms with Gasteiger partial charge in [0.05, 0.1) is 18.2 Å². The highest BCUT2D eigenvalue weighted by Crippen LogP contribution is 2.37. The van der Waals surface area contributed by atoms with Crippen LogP contribution in [0.4, 0.5) is 0 Å². The lowest BCUT2D eigenvalue weighted by molar-refractivity contribution is 0.0934. The average molecular weight is 298 g/mol. The highest BCUT2D eigenvalue weighted by molar-refractivity contribution is 6.32. The summed E-state index contributed by atoms with van der Waals surface area (Å²) >= 11 is 6.18. The maximum absolute atomic E-state index is 12.2. The van der Waals surface area contributed by atoms with Crippen molar-refractivity contribution >= 4 is 17.5 Å². The third kappa shape index (κ3) is 3.37. The lowest BCUT2D eigenvalue weighted by Gasteiger charge is -2.16. The van der Waals surface area contributed by atoms with E-state index >= 15 is 0 Å². The number of amides is 1. The van der Waals surface area contributed by atoms with Crippen LogP contribution in [0.3, 0.4) is 0 Å². The molecule has 0 unspecified atom stereocenters. The molecule has 0 atom stereocenters. The minimum Gasteiger partial charge on any atom is -0.489 e. The zero-order chi connectivity index (χ0) is 14.5. The van der Waals surface area contributed by atoms with Gasteiger partial charge in [-0.3, -0.25) is 4.79 Å². The van der Waals surface area contributed by atoms with Crippen LogP contribution in [0.25, 0.3) is 0 Å². The van der Waals surface area contributed by atoms with E-state index in [1.807, 2.05) is 0 Å². The smallest absolute Gasteiger partial charge is 0.251 e. The summed E-state index contributed by atoms with van der Waals surface area (Å²) in [6.45, 7) is 5.25. The van der Waals surface area contributed by atoms with Crippen molar-refractivity contribution in [1.29, 1.82) is 0 Å². The second-order valence-electron chi connectivity index (χ2n) is 4.82. The van der Waals surface area contributed by atoms with Gasteiger partial charge < -0.3 is 14.8 Å². The number of rotatable bonds is 4. The molecule has 1 aromatic rings. The van der Waals surface area contributed by atoms with E-state index in [0.29, 0.717) is 35.3 Å². The van der Waals surface area contributed by atoms with E-state index in [4.69, 9.17) is 21.1 Å². The third-order valence-corrected chi connectivity index (χ3v) is 3.67. The van der Waals surface area contributed by atoms with E-state index in [9.17, 15) is 4.79 Å². The highest BCUT2D eigenvalue weighted by atomic mass is 35.5. The molecule has 0 radical (unpaired) electrons. The van der Waals surface area contributed by atoms with E-state index in [1.54, 1.807) is 12.1 Å². The first kappa shape index (κ1) is 15.0. The summed E-state index contributed by atoms with van der Waals surface area (Å²) in [7, 11) is 0. The molecule has 2 rings (SSSR count). The molecule has 20 heavy (non-hydrogen) atoms. The molecule has 0 saturated heterocycles. The van der Waals surface area contributed by atoms with Crippen molar-refractivity contribution in [3.63, 3.8) is 0 Å². The normalized spacial score (nSPS) is 14.0. The van der Waals surface area contributed by atoms with E-state index in [0.717, 1.165) is 19.3 Å². The molecule has 0 aromatic heterocycles. The fraction of sp³-hybridized carbons (Fsp3) is 0.533. The average Bonchev–Trinajstić information content (AvgIpc) is 2.70. The van der Waals surface area contributed by atoms with Crippen LogP contribution in [0, 0.1) is 0 Å². The van der Waals surface area contributed by atoms with Gasteiger partial charge in [-0.25, -0.2) is 0 Å². The van der Waals surface area contributed by atoms with Crippen LogP contribution in [0.15, 0.2) is 12.1 Å². The molecule has 1 aromatic carbocycles. The topological polar surface area (TPSA) is 47.6 Å². The van der Waals surface area contributed by atoms with Gasteiger partial charge in [0.1, 0.15) is 0 Å². The number of fused-ring (bicyclic) bond motifs is 1. The van der Waals surface area contributed by atoms with Crippen molar-refractivity contribution in [3.05, 3.63) is 22.7 Å². The van der Waals surface area contributed by atoms with Crippen LogP contribution >= 0.6 is 11.6 Å². The quantitative estimate of drug-likeness (QED) is 0.926. The first-order valence-electron chi connectivity index (χ1n) is 7.05. The fourth-order valence-electron chi connectivity index (χ4n) is 2.12. The minimum absolute atomic E-state index is 0.128. The van der Waals surface area contributed by atoms with Gasteiger partial charge in [0.25, 0.3) is 5.91 Å². The SMILES string of the molecule is CCC(CC)NC(=O)c1cc(Cl)c2c(c1)OCCCO2. The van der Waals surface area contributed by atoms with Crippen molar-refractivity contribution < 1.29 is 14.3 Å². The molecule has 4 nitrogen and oxygen atoms in total. The van der Waals surface area contributed by atoms with Crippen LogP contribution < -0.4 is 14.8 Å². The van der Waals surface area contributed by atoms with Crippen molar-refractivity contribution in [3.8, 4) is 11.5 Å². The number of carbonyl (C=O) groups is 1. The zero-order valence-electron chi connectivity index (χ0n) is 11.9. The van der Waals surface area contributed by atoms with Crippen LogP contribution in [0.1, 0.15) is 43.5 Å². The molecule has 0 fully saturated rings. The third-order valence-electron chi connectivity index (χ3n) is 3.39. The molecule has 1 amide bonds. The Kier molecular flexibility index (Phi) is 5.12. The Balaban J connectivity index is 2.22. The second kappa shape index (κ2) is 6.84. The minimum atomic E-state index is -0.128. The maximum atomic E-state index is 12.2. The number of benzene rings is 1. The van der Waals surface area contributed by atoms with E-state index < -0.39 is 0 Å². The van der Waals surface area contributed by atoms with Crippen LogP contribution in [0.2, 0.25) is 5.02 Å². The summed E-state index contributed by atoms with van der Waals surface area (Å²) in [4.78, 5) is 12.2. The van der Waals surface area contributed by atoms with Gasteiger partial charge in [-0.1, -0.05) is 25.4 Å². The summed E-state index contributed by atoms with van der Waals surface area (Å²) in [5.41, 5.74) is 0.506. The van der Waals surface area contributed by atoms with Gasteiger partial charge in [0, 0.05) is 18.0 Å². The Morgan fingerprint density at radius 2 is 2.00 bits per heavy atom. The Labute approximate surface area is 124 Å². The molecule has 0 spiro atoms. The maximum Gasteiger partial charge on any atom is 0.251 e. The predicted octanol–water partition coefficient (Wildman–Crippen LogP) is 3.42. The Hall–Kier alpha value is -1.42. The van der Waals surface area contributed by atoms with Gasteiger partial charge in [0.15, 0.2) is 11.5 Å². The Morgan fingerprint density at radius 1 is 1.30 bits per heavy atom. The molecule has 1 N–H and O–H groups in total. The van der Waals surface area contributed by atoms with Gasteiger partial charge in [-0.15, -0.1) is 0 Å². The lowest BCUT2D eigenvalue weighted by atomic mass is 10.1. The first-order valence-corrected chi connectivity index (χ1v) is 7.43. The number of halogens is 1. The summed E-state index contributed by atoms with van der Waals surface area (Å²) < 4.78 is 11.1. The Morgan fingerprint density at radius 3 is 2.70 bits per heavy atom. The highest BCUT2D eigenvalue weighted by Gasteiger charge is 2.19. The van der Waals surface area contributed by atoms with Crippen molar-refractivity contribution in [2.75, 3.05) is 13.2 Å². The van der Waals surface area contributed by atoms with E-state index in [2.05, 4.69) is 19.2 Å².